The van der Waals surface area contributed by atoms with Gasteiger partial charge in [-0.1, -0.05) is 31.9 Å². The molecule has 1 N–H and O–H groups in total. The van der Waals surface area contributed by atoms with E-state index >= 15 is 0 Å². The molecule has 1 saturated carbocycles. The monoisotopic (exact) mass is 287 g/mol. The predicted molar refractivity (Wildman–Crippen MR) is 80.3 cm³/mol. The summed E-state index contributed by atoms with van der Waals surface area (Å²) in [6.07, 6.45) is 4.87. The molecule has 5 heteroatoms. The van der Waals surface area contributed by atoms with Gasteiger partial charge in [-0.15, -0.1) is 5.10 Å². The number of rotatable bonds is 3. The Kier molecular flexibility index (Phi) is 3.66. The molecule has 3 rings (SSSR count). The Morgan fingerprint density at radius 1 is 1.33 bits per heavy atom. The fraction of sp³-hybridized carbons (Fsp3) is 0.562. The van der Waals surface area contributed by atoms with E-state index in [4.69, 9.17) is 5.11 Å². The van der Waals surface area contributed by atoms with E-state index in [0.29, 0.717) is 23.4 Å². The van der Waals surface area contributed by atoms with Crippen molar-refractivity contribution in [2.24, 2.45) is 11.8 Å². The van der Waals surface area contributed by atoms with Crippen LogP contribution in [-0.2, 0) is 0 Å². The van der Waals surface area contributed by atoms with E-state index in [9.17, 15) is 4.79 Å². The summed E-state index contributed by atoms with van der Waals surface area (Å²) in [7, 11) is 0. The summed E-state index contributed by atoms with van der Waals surface area (Å²) in [5.41, 5.74) is 1.87. The summed E-state index contributed by atoms with van der Waals surface area (Å²) < 4.78 is 2.02. The van der Waals surface area contributed by atoms with Crippen LogP contribution in [0.5, 0.6) is 0 Å². The van der Waals surface area contributed by atoms with Crippen molar-refractivity contribution in [2.75, 3.05) is 0 Å². The highest BCUT2D eigenvalue weighted by atomic mass is 16.4. The first-order chi connectivity index (χ1) is 10.1. The van der Waals surface area contributed by atoms with Crippen LogP contribution in [0.2, 0.25) is 0 Å². The molecule has 1 fully saturated rings. The fourth-order valence-electron chi connectivity index (χ4n) is 3.54. The van der Waals surface area contributed by atoms with Gasteiger partial charge in [0, 0.05) is 0 Å². The standard InChI is InChI=1S/C16H21N3O2/c1-10(2)12-5-3-4-6-14(12)19-15-8-7-11(16(20)21)9-13(15)17-18-19/h7-10,12,14H,3-6H2,1-2H3,(H,20,21). The van der Waals surface area contributed by atoms with E-state index in [-0.39, 0.29) is 5.56 Å². The first-order valence-corrected chi connectivity index (χ1v) is 7.66. The quantitative estimate of drug-likeness (QED) is 0.937. The van der Waals surface area contributed by atoms with Crippen molar-refractivity contribution < 1.29 is 9.90 Å². The number of carboxylic acid groups (broad SMARTS) is 1. The lowest BCUT2D eigenvalue weighted by Crippen LogP contribution is -2.27. The molecule has 0 radical (unpaired) electrons. The molecule has 0 bridgehead atoms. The number of carboxylic acids is 1. The van der Waals surface area contributed by atoms with Gasteiger partial charge in [0.2, 0.25) is 0 Å². The van der Waals surface area contributed by atoms with Gasteiger partial charge in [0.25, 0.3) is 0 Å². The summed E-state index contributed by atoms with van der Waals surface area (Å²) in [5, 5.41) is 17.6. The van der Waals surface area contributed by atoms with Crippen LogP contribution in [-0.4, -0.2) is 26.1 Å². The number of aromatic nitrogens is 3. The summed E-state index contributed by atoms with van der Waals surface area (Å²) in [6, 6.07) is 5.45. The van der Waals surface area contributed by atoms with Gasteiger partial charge in [-0.2, -0.15) is 0 Å². The zero-order valence-corrected chi connectivity index (χ0v) is 12.5. The van der Waals surface area contributed by atoms with Gasteiger partial charge in [0.15, 0.2) is 0 Å². The van der Waals surface area contributed by atoms with Crippen LogP contribution in [0, 0.1) is 11.8 Å². The molecule has 1 aromatic heterocycles. The summed E-state index contributed by atoms with van der Waals surface area (Å²) in [4.78, 5) is 11.0. The van der Waals surface area contributed by atoms with Crippen molar-refractivity contribution in [1.82, 2.24) is 15.0 Å². The predicted octanol–water partition coefficient (Wildman–Crippen LogP) is 3.52. The van der Waals surface area contributed by atoms with Crippen molar-refractivity contribution in [1.29, 1.82) is 0 Å². The van der Waals surface area contributed by atoms with E-state index in [0.717, 1.165) is 11.9 Å². The number of fused-ring (bicyclic) bond motifs is 1. The van der Waals surface area contributed by atoms with Crippen LogP contribution in [0.25, 0.3) is 11.0 Å². The molecule has 21 heavy (non-hydrogen) atoms. The van der Waals surface area contributed by atoms with Crippen molar-refractivity contribution >= 4 is 17.0 Å². The SMILES string of the molecule is CC(C)C1CCCCC1n1nnc2cc(C(=O)O)ccc21. The topological polar surface area (TPSA) is 68.0 Å². The Bertz CT molecular complexity index is 663. The third kappa shape index (κ3) is 2.52. The molecular weight excluding hydrogens is 266 g/mol. The fourth-order valence-corrected chi connectivity index (χ4v) is 3.54. The first kappa shape index (κ1) is 14.0. The third-order valence-electron chi connectivity index (χ3n) is 4.67. The lowest BCUT2D eigenvalue weighted by molar-refractivity contribution is 0.0697. The second-order valence-corrected chi connectivity index (χ2v) is 6.30. The maximum Gasteiger partial charge on any atom is 0.335 e. The molecule has 0 aliphatic heterocycles. The minimum absolute atomic E-state index is 0.263. The molecule has 2 atom stereocenters. The second-order valence-electron chi connectivity index (χ2n) is 6.30. The van der Waals surface area contributed by atoms with Crippen molar-refractivity contribution in [3.05, 3.63) is 23.8 Å². The van der Waals surface area contributed by atoms with Crippen LogP contribution in [0.3, 0.4) is 0 Å². The van der Waals surface area contributed by atoms with Gasteiger partial charge < -0.3 is 5.11 Å². The van der Waals surface area contributed by atoms with Gasteiger partial charge >= 0.3 is 5.97 Å². The van der Waals surface area contributed by atoms with Gasteiger partial charge in [-0.3, -0.25) is 0 Å². The Hall–Kier alpha value is -1.91. The lowest BCUT2D eigenvalue weighted by atomic mass is 9.78. The van der Waals surface area contributed by atoms with Gasteiger partial charge in [0.1, 0.15) is 5.52 Å². The van der Waals surface area contributed by atoms with E-state index < -0.39 is 5.97 Å². The number of benzene rings is 1. The number of nitrogens with zero attached hydrogens (tertiary/aromatic N) is 3. The third-order valence-corrected chi connectivity index (χ3v) is 4.67. The van der Waals surface area contributed by atoms with E-state index in [2.05, 4.69) is 24.2 Å². The molecular formula is C16H21N3O2. The Morgan fingerprint density at radius 2 is 2.10 bits per heavy atom. The molecule has 2 unspecified atom stereocenters. The minimum Gasteiger partial charge on any atom is -0.478 e. The Morgan fingerprint density at radius 3 is 2.81 bits per heavy atom. The smallest absolute Gasteiger partial charge is 0.335 e. The van der Waals surface area contributed by atoms with E-state index in [1.807, 2.05) is 10.7 Å². The van der Waals surface area contributed by atoms with Crippen LogP contribution in [0.1, 0.15) is 55.9 Å². The van der Waals surface area contributed by atoms with Gasteiger partial charge in [-0.25, -0.2) is 9.48 Å². The number of hydrogen-bond acceptors (Lipinski definition) is 3. The molecule has 5 nitrogen and oxygen atoms in total. The zero-order chi connectivity index (χ0) is 15.0. The van der Waals surface area contributed by atoms with E-state index in [1.54, 1.807) is 12.1 Å². The second kappa shape index (κ2) is 5.47. The highest BCUT2D eigenvalue weighted by Gasteiger charge is 2.30. The lowest BCUT2D eigenvalue weighted by Gasteiger charge is -2.34. The highest BCUT2D eigenvalue weighted by Crippen LogP contribution is 2.39. The van der Waals surface area contributed by atoms with Crippen molar-refractivity contribution in [3.8, 4) is 0 Å². The largest absolute Gasteiger partial charge is 0.478 e. The van der Waals surface area contributed by atoms with Crippen molar-refractivity contribution in [2.45, 2.75) is 45.6 Å². The Balaban J connectivity index is 2.01. The van der Waals surface area contributed by atoms with Crippen LogP contribution in [0.15, 0.2) is 18.2 Å². The van der Waals surface area contributed by atoms with Crippen LogP contribution >= 0.6 is 0 Å². The average molecular weight is 287 g/mol. The van der Waals surface area contributed by atoms with Gasteiger partial charge in [-0.05, 0) is 42.9 Å². The summed E-state index contributed by atoms with van der Waals surface area (Å²) in [5.74, 6) is 0.305. The molecule has 0 amide bonds. The van der Waals surface area contributed by atoms with Crippen LogP contribution in [0.4, 0.5) is 0 Å². The maximum atomic E-state index is 11.0. The summed E-state index contributed by atoms with van der Waals surface area (Å²) in [6.45, 7) is 4.54. The van der Waals surface area contributed by atoms with Gasteiger partial charge in [0.05, 0.1) is 17.1 Å². The maximum absolute atomic E-state index is 11.0. The molecule has 0 spiro atoms. The molecule has 0 saturated heterocycles. The molecule has 1 aromatic carbocycles. The molecule has 112 valence electrons. The molecule has 1 aliphatic rings. The average Bonchev–Trinajstić information content (AvgIpc) is 2.89. The molecule has 1 aliphatic carbocycles. The number of carbonyl (C=O) groups is 1. The number of hydrogen-bond donors (Lipinski definition) is 1. The zero-order valence-electron chi connectivity index (χ0n) is 12.5. The van der Waals surface area contributed by atoms with Crippen LogP contribution < -0.4 is 0 Å². The van der Waals surface area contributed by atoms with Crippen molar-refractivity contribution in [3.63, 3.8) is 0 Å². The minimum atomic E-state index is -0.927. The summed E-state index contributed by atoms with van der Waals surface area (Å²) >= 11 is 0. The first-order valence-electron chi connectivity index (χ1n) is 7.66. The normalized spacial score (nSPS) is 22.8. The van der Waals surface area contributed by atoms with E-state index in [1.165, 1.54) is 19.3 Å². The number of aromatic carboxylic acids is 1. The highest BCUT2D eigenvalue weighted by molar-refractivity contribution is 5.92. The molecule has 1 heterocycles. The Labute approximate surface area is 124 Å². The molecule has 2 aromatic rings.